The Balaban J connectivity index is 0.00000197. The van der Waals surface area contributed by atoms with E-state index in [-0.39, 0.29) is 30.2 Å². The molecule has 0 spiro atoms. The van der Waals surface area contributed by atoms with Gasteiger partial charge in [0, 0.05) is 12.1 Å². The minimum absolute atomic E-state index is 0.0645. The number of rotatable bonds is 15. The van der Waals surface area contributed by atoms with Crippen LogP contribution in [0, 0.1) is 5.92 Å². The molecular formula is C34H47N3O5. The maximum atomic E-state index is 13.3. The predicted octanol–water partition coefficient (Wildman–Crippen LogP) is 3.84. The summed E-state index contributed by atoms with van der Waals surface area (Å²) in [6.45, 7) is 1.99. The zero-order valence-electron chi connectivity index (χ0n) is 24.5. The molecule has 0 saturated heterocycles. The number of primary amides is 1. The Morgan fingerprint density at radius 2 is 1.62 bits per heavy atom. The van der Waals surface area contributed by atoms with Gasteiger partial charge in [0.05, 0.1) is 18.1 Å². The number of aliphatic hydroxyl groups is 2. The minimum atomic E-state index is -0.834. The van der Waals surface area contributed by atoms with E-state index in [0.29, 0.717) is 38.5 Å². The predicted molar refractivity (Wildman–Crippen MR) is 167 cm³/mol. The number of nitrogens with two attached hydrogens (primary N) is 2. The van der Waals surface area contributed by atoms with Gasteiger partial charge in [-0.05, 0) is 87.1 Å². The number of hydrogen-bond donors (Lipinski definition) is 6. The maximum absolute atomic E-state index is 13.3. The highest BCUT2D eigenvalue weighted by Crippen LogP contribution is 2.20. The number of phenolic OH excluding ortho intramolecular Hbond substituents is 1. The molecular weight excluding hydrogens is 530 g/mol. The molecule has 228 valence electrons. The molecule has 0 radical (unpaired) electrons. The number of phenols is 1. The van der Waals surface area contributed by atoms with Crippen molar-refractivity contribution in [3.05, 3.63) is 102 Å². The second-order valence-electron chi connectivity index (χ2n) is 10.8. The average Bonchev–Trinajstić information content (AvgIpc) is 3.24. The van der Waals surface area contributed by atoms with Crippen LogP contribution >= 0.6 is 0 Å². The largest absolute Gasteiger partial charge is 0.508 e. The molecule has 0 fully saturated rings. The summed E-state index contributed by atoms with van der Waals surface area (Å²) in [5.41, 5.74) is 13.6. The molecule has 0 bridgehead atoms. The first-order chi connectivity index (χ1) is 20.2. The Morgan fingerprint density at radius 1 is 0.952 bits per heavy atom. The summed E-state index contributed by atoms with van der Waals surface area (Å²) in [4.78, 5) is 21.9. The number of aromatic hydroxyl groups is 1. The molecule has 1 aliphatic carbocycles. The third-order valence-corrected chi connectivity index (χ3v) is 7.30. The lowest BCUT2D eigenvalue weighted by Crippen LogP contribution is -2.43. The van der Waals surface area contributed by atoms with Crippen molar-refractivity contribution in [2.24, 2.45) is 17.4 Å². The molecule has 0 saturated carbocycles. The van der Waals surface area contributed by atoms with Crippen LogP contribution in [0.3, 0.4) is 0 Å². The van der Waals surface area contributed by atoms with Crippen LogP contribution in [-0.4, -0.2) is 51.9 Å². The Kier molecular flexibility index (Phi) is 15.9. The van der Waals surface area contributed by atoms with E-state index >= 15 is 0 Å². The third-order valence-electron chi connectivity index (χ3n) is 7.30. The number of benzene rings is 2. The van der Waals surface area contributed by atoms with Gasteiger partial charge in [0.1, 0.15) is 5.75 Å². The summed E-state index contributed by atoms with van der Waals surface area (Å²) < 4.78 is 0. The van der Waals surface area contributed by atoms with Gasteiger partial charge in [0.15, 0.2) is 0 Å². The van der Waals surface area contributed by atoms with Crippen molar-refractivity contribution in [3.8, 4) is 5.75 Å². The molecule has 3 rings (SSSR count). The third kappa shape index (κ3) is 13.3. The fourth-order valence-corrected chi connectivity index (χ4v) is 4.94. The number of nitrogens with one attached hydrogen (secondary N) is 1. The van der Waals surface area contributed by atoms with Crippen molar-refractivity contribution < 1.29 is 24.9 Å². The number of aliphatic hydroxyl groups excluding tert-OH is 2. The molecule has 1 aliphatic rings. The van der Waals surface area contributed by atoms with Crippen molar-refractivity contribution >= 4 is 12.3 Å². The van der Waals surface area contributed by atoms with Crippen molar-refractivity contribution in [1.29, 1.82) is 0 Å². The number of carbonyl (C=O) groups excluding carboxylic acids is 2. The molecule has 0 heterocycles. The van der Waals surface area contributed by atoms with Crippen LogP contribution < -0.4 is 16.8 Å². The van der Waals surface area contributed by atoms with E-state index in [1.165, 1.54) is 5.57 Å². The van der Waals surface area contributed by atoms with Crippen LogP contribution in [0.15, 0.2) is 90.6 Å². The van der Waals surface area contributed by atoms with Crippen molar-refractivity contribution in [2.75, 3.05) is 0 Å². The molecule has 5 unspecified atom stereocenters. The van der Waals surface area contributed by atoms with Crippen LogP contribution in [0.25, 0.3) is 0 Å². The molecule has 2 aromatic carbocycles. The van der Waals surface area contributed by atoms with Crippen molar-refractivity contribution in [3.63, 3.8) is 0 Å². The summed E-state index contributed by atoms with van der Waals surface area (Å²) >= 11 is 0. The molecule has 0 aromatic heterocycles. The minimum Gasteiger partial charge on any atom is -0.508 e. The first kappa shape index (κ1) is 34.5. The second-order valence-corrected chi connectivity index (χ2v) is 10.8. The van der Waals surface area contributed by atoms with Crippen LogP contribution in [0.1, 0.15) is 56.6 Å². The SMILES string of the molecule is CC(CC1=CCC=CC=C1)NC(=O)C(Cc1ccccc1)C(O)CCCC(O)C(N)CCc1ccc(O)cc1.NC=O. The number of carbonyl (C=O) groups is 2. The highest BCUT2D eigenvalue weighted by molar-refractivity contribution is 5.80. The van der Waals surface area contributed by atoms with Crippen LogP contribution in [0.5, 0.6) is 5.75 Å². The number of amides is 2. The van der Waals surface area contributed by atoms with Gasteiger partial charge in [-0.2, -0.15) is 0 Å². The van der Waals surface area contributed by atoms with Crippen molar-refractivity contribution in [1.82, 2.24) is 5.32 Å². The zero-order chi connectivity index (χ0) is 30.7. The molecule has 2 aromatic rings. The van der Waals surface area contributed by atoms with Gasteiger partial charge in [-0.25, -0.2) is 0 Å². The Hall–Kier alpha value is -3.72. The fraction of sp³-hybridized carbons (Fsp3) is 0.412. The number of hydrogen-bond acceptors (Lipinski definition) is 6. The number of allylic oxidation sites excluding steroid dienone is 5. The molecule has 8 heteroatoms. The molecule has 8 N–H and O–H groups in total. The molecule has 2 amide bonds. The van der Waals surface area contributed by atoms with E-state index in [4.69, 9.17) is 10.5 Å². The van der Waals surface area contributed by atoms with Gasteiger partial charge in [-0.3, -0.25) is 9.59 Å². The van der Waals surface area contributed by atoms with Crippen LogP contribution in [0.2, 0.25) is 0 Å². The van der Waals surface area contributed by atoms with Crippen molar-refractivity contribution in [2.45, 2.75) is 82.6 Å². The molecule has 0 aliphatic heterocycles. The first-order valence-electron chi connectivity index (χ1n) is 14.6. The summed E-state index contributed by atoms with van der Waals surface area (Å²) in [5, 5.41) is 34.2. The van der Waals surface area contributed by atoms with E-state index < -0.39 is 18.1 Å². The van der Waals surface area contributed by atoms with Gasteiger partial charge in [0.25, 0.3) is 0 Å². The second kappa shape index (κ2) is 19.4. The maximum Gasteiger partial charge on any atom is 0.226 e. The standard InChI is InChI=1S/C33H44N2O4.CH3NO/c1-24(22-26-10-5-2-3-6-11-26)35-33(39)29(23-27-12-7-4-8-13-27)31(37)14-9-15-32(38)30(34)21-18-25-16-19-28(36)20-17-25;2-1-3/h2-5,7-8,10-13,16-17,19-20,24,29-32,36-38H,6,9,14-15,18,21-23,34H2,1H3,(H,35,39);1H,(H2,2,3). The van der Waals surface area contributed by atoms with Gasteiger partial charge in [-0.15, -0.1) is 0 Å². The first-order valence-corrected chi connectivity index (χ1v) is 14.6. The average molecular weight is 578 g/mol. The summed E-state index contributed by atoms with van der Waals surface area (Å²) in [7, 11) is 0. The van der Waals surface area contributed by atoms with E-state index in [1.807, 2.05) is 61.5 Å². The van der Waals surface area contributed by atoms with Crippen LogP contribution in [0.4, 0.5) is 0 Å². The normalized spacial score (nSPS) is 16.0. The lowest BCUT2D eigenvalue weighted by atomic mass is 9.89. The highest BCUT2D eigenvalue weighted by atomic mass is 16.3. The summed E-state index contributed by atoms with van der Waals surface area (Å²) in [5.74, 6) is -0.515. The quantitative estimate of drug-likeness (QED) is 0.177. The van der Waals surface area contributed by atoms with E-state index in [2.05, 4.69) is 29.3 Å². The highest BCUT2D eigenvalue weighted by Gasteiger charge is 2.28. The molecule has 8 nitrogen and oxygen atoms in total. The lowest BCUT2D eigenvalue weighted by molar-refractivity contribution is -0.129. The van der Waals surface area contributed by atoms with Gasteiger partial charge >= 0.3 is 0 Å². The van der Waals surface area contributed by atoms with E-state index in [1.54, 1.807) is 12.1 Å². The molecule has 42 heavy (non-hydrogen) atoms. The molecule has 5 atom stereocenters. The number of aryl methyl sites for hydroxylation is 1. The Bertz CT molecular complexity index is 1150. The Morgan fingerprint density at radius 3 is 2.31 bits per heavy atom. The monoisotopic (exact) mass is 577 g/mol. The van der Waals surface area contributed by atoms with Gasteiger partial charge in [-0.1, -0.05) is 72.8 Å². The Labute approximate surface area is 249 Å². The fourth-order valence-electron chi connectivity index (χ4n) is 4.94. The lowest BCUT2D eigenvalue weighted by Gasteiger charge is -2.26. The van der Waals surface area contributed by atoms with Gasteiger partial charge < -0.3 is 32.1 Å². The van der Waals surface area contributed by atoms with E-state index in [0.717, 1.165) is 24.0 Å². The van der Waals surface area contributed by atoms with Crippen LogP contribution in [-0.2, 0) is 22.4 Å². The summed E-state index contributed by atoms with van der Waals surface area (Å²) in [6.07, 6.45) is 13.9. The summed E-state index contributed by atoms with van der Waals surface area (Å²) in [6, 6.07) is 16.3. The van der Waals surface area contributed by atoms with Gasteiger partial charge in [0.2, 0.25) is 12.3 Å². The van der Waals surface area contributed by atoms with E-state index in [9.17, 15) is 20.1 Å². The zero-order valence-corrected chi connectivity index (χ0v) is 24.5. The topological polar surface area (TPSA) is 159 Å². The smallest absolute Gasteiger partial charge is 0.226 e.